The molecule has 3 rings (SSSR count). The number of hydrogen-bond acceptors (Lipinski definition) is 3. The lowest BCUT2D eigenvalue weighted by molar-refractivity contribution is -0.123. The largest absolute Gasteiger partial charge is 0.405 e. The number of hydrogen-bond donors (Lipinski definition) is 3. The van der Waals surface area contributed by atoms with Crippen molar-refractivity contribution in [1.82, 2.24) is 5.32 Å². The highest BCUT2D eigenvalue weighted by Crippen LogP contribution is 2.23. The summed E-state index contributed by atoms with van der Waals surface area (Å²) >= 11 is 0. The first-order valence-corrected chi connectivity index (χ1v) is 9.20. The van der Waals surface area contributed by atoms with Gasteiger partial charge >= 0.3 is 6.18 Å². The van der Waals surface area contributed by atoms with Crippen LogP contribution in [0.25, 0.3) is 10.8 Å². The van der Waals surface area contributed by atoms with E-state index in [1.165, 1.54) is 12.1 Å². The van der Waals surface area contributed by atoms with Crippen LogP contribution in [0.1, 0.15) is 15.9 Å². The summed E-state index contributed by atoms with van der Waals surface area (Å²) in [4.78, 5) is 24.3. The molecule has 0 aliphatic heterocycles. The maximum atomic E-state index is 12.4. The number of carbonyl (C=O) groups excluding carboxylic acids is 2. The summed E-state index contributed by atoms with van der Waals surface area (Å²) in [7, 11) is 0. The highest BCUT2D eigenvalue weighted by Gasteiger charge is 2.28. The van der Waals surface area contributed by atoms with Crippen LogP contribution in [0.3, 0.4) is 0 Å². The predicted molar refractivity (Wildman–Crippen MR) is 111 cm³/mol. The molecule has 2 amide bonds. The van der Waals surface area contributed by atoms with Crippen molar-refractivity contribution in [1.29, 1.82) is 0 Å². The zero-order valence-corrected chi connectivity index (χ0v) is 16.1. The first-order chi connectivity index (χ1) is 14.2. The normalized spacial score (nSPS) is 11.2. The lowest BCUT2D eigenvalue weighted by Gasteiger charge is -2.13. The smallest absolute Gasteiger partial charge is 0.376 e. The highest BCUT2D eigenvalue weighted by atomic mass is 19.4. The monoisotopic (exact) mass is 415 g/mol. The number of amides is 2. The maximum Gasteiger partial charge on any atom is 0.405 e. The molecule has 8 heteroatoms. The molecule has 0 aromatic heterocycles. The van der Waals surface area contributed by atoms with Gasteiger partial charge in [0.2, 0.25) is 5.91 Å². The molecule has 0 radical (unpaired) electrons. The minimum absolute atomic E-state index is 0.0711. The molecule has 0 saturated carbocycles. The van der Waals surface area contributed by atoms with Crippen molar-refractivity contribution in [3.05, 3.63) is 71.8 Å². The average Bonchev–Trinajstić information content (AvgIpc) is 2.71. The molecule has 0 aliphatic rings. The van der Waals surface area contributed by atoms with Crippen molar-refractivity contribution >= 4 is 34.0 Å². The number of anilines is 2. The van der Waals surface area contributed by atoms with Crippen molar-refractivity contribution in [3.63, 3.8) is 0 Å². The third kappa shape index (κ3) is 5.50. The lowest BCUT2D eigenvalue weighted by Crippen LogP contribution is -2.33. The summed E-state index contributed by atoms with van der Waals surface area (Å²) in [5.41, 5.74) is 1.99. The third-order valence-corrected chi connectivity index (χ3v) is 4.45. The summed E-state index contributed by atoms with van der Waals surface area (Å²) in [6.07, 6.45) is -4.48. The van der Waals surface area contributed by atoms with E-state index in [4.69, 9.17) is 0 Å². The maximum absolute atomic E-state index is 12.4. The Morgan fingerprint density at radius 1 is 0.933 bits per heavy atom. The highest BCUT2D eigenvalue weighted by molar-refractivity contribution is 6.03. The van der Waals surface area contributed by atoms with Crippen LogP contribution in [0, 0.1) is 6.92 Å². The molecule has 30 heavy (non-hydrogen) atoms. The van der Waals surface area contributed by atoms with Gasteiger partial charge in [0.15, 0.2) is 0 Å². The summed E-state index contributed by atoms with van der Waals surface area (Å²) < 4.78 is 36.9. The summed E-state index contributed by atoms with van der Waals surface area (Å²) in [6, 6.07) is 17.7. The fourth-order valence-corrected chi connectivity index (χ4v) is 2.94. The fourth-order valence-electron chi connectivity index (χ4n) is 2.94. The minimum atomic E-state index is -4.48. The van der Waals surface area contributed by atoms with Gasteiger partial charge in [-0.1, -0.05) is 42.5 Å². The fraction of sp³-hybridized carbons (Fsp3) is 0.182. The zero-order chi connectivity index (χ0) is 21.7. The van der Waals surface area contributed by atoms with E-state index in [-0.39, 0.29) is 18.0 Å². The Kier molecular flexibility index (Phi) is 6.25. The minimum Gasteiger partial charge on any atom is -0.376 e. The predicted octanol–water partition coefficient (Wildman–Crippen LogP) is 4.49. The van der Waals surface area contributed by atoms with Crippen LogP contribution < -0.4 is 16.0 Å². The van der Waals surface area contributed by atoms with Gasteiger partial charge in [0, 0.05) is 22.3 Å². The van der Waals surface area contributed by atoms with Crippen molar-refractivity contribution in [2.24, 2.45) is 0 Å². The quantitative estimate of drug-likeness (QED) is 0.556. The third-order valence-electron chi connectivity index (χ3n) is 4.45. The average molecular weight is 415 g/mol. The summed E-state index contributed by atoms with van der Waals surface area (Å²) in [5.74, 6) is -1.13. The molecule has 0 saturated heterocycles. The van der Waals surface area contributed by atoms with Crippen molar-refractivity contribution in [2.75, 3.05) is 23.7 Å². The van der Waals surface area contributed by atoms with E-state index < -0.39 is 18.6 Å². The standard InChI is InChI=1S/C22H20F3N3O2/c1-14-9-10-16(21(30)27-13-22(23,24)25)11-19(14)26-12-20(29)28-18-8-4-6-15-5-2-3-7-17(15)18/h2-11,26H,12-13H2,1H3,(H,27,30)(H,28,29). The number of rotatable bonds is 6. The van der Waals surface area contributed by atoms with Crippen molar-refractivity contribution < 1.29 is 22.8 Å². The molecule has 0 unspecified atom stereocenters. The van der Waals surface area contributed by atoms with Gasteiger partial charge in [0.25, 0.3) is 5.91 Å². The molecule has 0 spiro atoms. The van der Waals surface area contributed by atoms with Crippen LogP contribution in [-0.2, 0) is 4.79 Å². The second-order valence-corrected chi connectivity index (χ2v) is 6.76. The van der Waals surface area contributed by atoms with Crippen LogP contribution in [0.15, 0.2) is 60.7 Å². The number of carbonyl (C=O) groups is 2. The molecule has 5 nitrogen and oxygen atoms in total. The second kappa shape index (κ2) is 8.86. The van der Waals surface area contributed by atoms with E-state index in [1.54, 1.807) is 19.1 Å². The van der Waals surface area contributed by atoms with E-state index in [0.29, 0.717) is 11.4 Å². The topological polar surface area (TPSA) is 70.2 Å². The van der Waals surface area contributed by atoms with Gasteiger partial charge in [-0.25, -0.2) is 0 Å². The van der Waals surface area contributed by atoms with Crippen LogP contribution in [-0.4, -0.2) is 31.1 Å². The van der Waals surface area contributed by atoms with E-state index in [1.807, 2.05) is 41.7 Å². The molecule has 3 aromatic rings. The van der Waals surface area contributed by atoms with Gasteiger partial charge < -0.3 is 16.0 Å². The van der Waals surface area contributed by atoms with Crippen LogP contribution in [0.5, 0.6) is 0 Å². The number of nitrogens with one attached hydrogen (secondary N) is 3. The van der Waals surface area contributed by atoms with Gasteiger partial charge in [0.1, 0.15) is 6.54 Å². The van der Waals surface area contributed by atoms with Gasteiger partial charge in [-0.05, 0) is 36.1 Å². The molecule has 0 atom stereocenters. The molecule has 0 heterocycles. The Balaban J connectivity index is 1.65. The number of alkyl halides is 3. The Morgan fingerprint density at radius 3 is 2.43 bits per heavy atom. The SMILES string of the molecule is Cc1ccc(C(=O)NCC(F)(F)F)cc1NCC(=O)Nc1cccc2ccccc12. The van der Waals surface area contributed by atoms with Crippen LogP contribution >= 0.6 is 0 Å². The second-order valence-electron chi connectivity index (χ2n) is 6.76. The molecular weight excluding hydrogens is 395 g/mol. The molecule has 156 valence electrons. The molecular formula is C22H20F3N3O2. The van der Waals surface area contributed by atoms with E-state index in [9.17, 15) is 22.8 Å². The Morgan fingerprint density at radius 2 is 1.67 bits per heavy atom. The lowest BCUT2D eigenvalue weighted by atomic mass is 10.1. The van der Waals surface area contributed by atoms with Crippen molar-refractivity contribution in [3.8, 4) is 0 Å². The summed E-state index contributed by atoms with van der Waals surface area (Å²) in [5, 5.41) is 9.51. The van der Waals surface area contributed by atoms with Crippen LogP contribution in [0.2, 0.25) is 0 Å². The van der Waals surface area contributed by atoms with Crippen LogP contribution in [0.4, 0.5) is 24.5 Å². The first kappa shape index (κ1) is 21.2. The zero-order valence-electron chi connectivity index (χ0n) is 16.1. The molecule has 0 bridgehead atoms. The molecule has 0 fully saturated rings. The molecule has 3 N–H and O–H groups in total. The molecule has 0 aliphatic carbocycles. The molecule has 3 aromatic carbocycles. The number of aryl methyl sites for hydroxylation is 1. The first-order valence-electron chi connectivity index (χ1n) is 9.20. The number of benzene rings is 3. The number of fused-ring (bicyclic) bond motifs is 1. The van der Waals surface area contributed by atoms with Gasteiger partial charge in [-0.15, -0.1) is 0 Å². The summed E-state index contributed by atoms with van der Waals surface area (Å²) in [6.45, 7) is 0.288. The van der Waals surface area contributed by atoms with E-state index in [2.05, 4.69) is 10.6 Å². The Labute approximate surface area is 171 Å². The Bertz CT molecular complexity index is 1080. The van der Waals surface area contributed by atoms with Crippen molar-refractivity contribution in [2.45, 2.75) is 13.1 Å². The van der Waals surface area contributed by atoms with Gasteiger partial charge in [-0.2, -0.15) is 13.2 Å². The van der Waals surface area contributed by atoms with E-state index in [0.717, 1.165) is 16.3 Å². The van der Waals surface area contributed by atoms with Gasteiger partial charge in [0.05, 0.1) is 6.54 Å². The number of halogens is 3. The van der Waals surface area contributed by atoms with Gasteiger partial charge in [-0.3, -0.25) is 9.59 Å². The Hall–Kier alpha value is -3.55. The van der Waals surface area contributed by atoms with E-state index >= 15 is 0 Å².